The number of ether oxygens (including phenoxy) is 4. The van der Waals surface area contributed by atoms with Crippen LogP contribution in [0.5, 0.6) is 0 Å². The van der Waals surface area contributed by atoms with Gasteiger partial charge in [-0.3, -0.25) is 9.59 Å². The molecule has 7 heteroatoms. The van der Waals surface area contributed by atoms with Crippen LogP contribution < -0.4 is 0 Å². The molecule has 0 radical (unpaired) electrons. The highest BCUT2D eigenvalue weighted by Crippen LogP contribution is 2.75. The van der Waals surface area contributed by atoms with Gasteiger partial charge in [0.15, 0.2) is 5.60 Å². The highest BCUT2D eigenvalue weighted by molar-refractivity contribution is 5.80. The first kappa shape index (κ1) is 14.9. The summed E-state index contributed by atoms with van der Waals surface area (Å²) in [6, 6.07) is 0. The molecule has 24 heavy (non-hydrogen) atoms. The molecule has 0 unspecified atom stereocenters. The smallest absolute Gasteiger partial charge is 0.313 e. The Bertz CT molecular complexity index is 703. The molecule has 5 fully saturated rings. The van der Waals surface area contributed by atoms with Gasteiger partial charge in [0, 0.05) is 12.8 Å². The van der Waals surface area contributed by atoms with Crippen LogP contribution in [-0.2, 0) is 28.5 Å². The second-order valence-corrected chi connectivity index (χ2v) is 7.97. The van der Waals surface area contributed by atoms with Gasteiger partial charge in [0.25, 0.3) is 0 Å². The second-order valence-electron chi connectivity index (χ2n) is 7.97. The maximum absolute atomic E-state index is 12.6. The van der Waals surface area contributed by atoms with Crippen LogP contribution in [0, 0.1) is 17.3 Å². The molecular weight excluding hydrogens is 316 g/mol. The predicted molar refractivity (Wildman–Crippen MR) is 77.6 cm³/mol. The molecule has 0 aromatic rings. The van der Waals surface area contributed by atoms with Crippen molar-refractivity contribution in [2.24, 2.45) is 17.3 Å². The van der Waals surface area contributed by atoms with Gasteiger partial charge in [-0.25, -0.2) is 0 Å². The number of rotatable bonds is 2. The van der Waals surface area contributed by atoms with E-state index in [1.165, 1.54) is 6.92 Å². The lowest BCUT2D eigenvalue weighted by Crippen LogP contribution is -2.70. The van der Waals surface area contributed by atoms with Crippen LogP contribution in [0.1, 0.15) is 20.8 Å². The fourth-order valence-electron chi connectivity index (χ4n) is 6.07. The zero-order chi connectivity index (χ0) is 17.2. The van der Waals surface area contributed by atoms with E-state index in [1.807, 2.05) is 13.8 Å². The van der Waals surface area contributed by atoms with Crippen molar-refractivity contribution >= 4 is 11.9 Å². The molecule has 0 spiro atoms. The van der Waals surface area contributed by atoms with Gasteiger partial charge in [0.05, 0.1) is 17.9 Å². The summed E-state index contributed by atoms with van der Waals surface area (Å²) in [6.07, 6.45) is -2.12. The quantitative estimate of drug-likeness (QED) is 0.429. The van der Waals surface area contributed by atoms with Crippen molar-refractivity contribution in [3.05, 3.63) is 12.2 Å². The minimum atomic E-state index is -1.51. The SMILES string of the molecule is C=C(C)[C@@H]1[C@H]2OC(=O)[C@@H]1[C@]1(O)[C@H]3O[C@H]3[C@]3(OC(C)=O)CO[C@H]2[C@]13C. The van der Waals surface area contributed by atoms with E-state index in [0.717, 1.165) is 5.57 Å². The first-order valence-corrected chi connectivity index (χ1v) is 8.25. The molecule has 0 amide bonds. The van der Waals surface area contributed by atoms with Crippen molar-refractivity contribution in [3.63, 3.8) is 0 Å². The number of fused-ring (bicyclic) bond motifs is 7. The molecule has 2 bridgehead atoms. The Morgan fingerprint density at radius 2 is 2.04 bits per heavy atom. The van der Waals surface area contributed by atoms with Gasteiger partial charge < -0.3 is 24.1 Å². The lowest BCUT2D eigenvalue weighted by atomic mass is 9.52. The molecule has 1 N–H and O–H groups in total. The third kappa shape index (κ3) is 1.18. The number of hydrogen-bond acceptors (Lipinski definition) is 7. The van der Waals surface area contributed by atoms with Crippen LogP contribution in [0.2, 0.25) is 0 Å². The molecule has 3 saturated heterocycles. The average Bonchev–Trinajstić information content (AvgIpc) is 3.11. The fraction of sp³-hybridized carbons (Fsp3) is 0.765. The Labute approximate surface area is 138 Å². The maximum atomic E-state index is 12.6. The summed E-state index contributed by atoms with van der Waals surface area (Å²) >= 11 is 0. The lowest BCUT2D eigenvalue weighted by molar-refractivity contribution is -0.235. The minimum absolute atomic E-state index is 0.126. The molecule has 0 aromatic heterocycles. The first-order valence-electron chi connectivity index (χ1n) is 8.25. The molecule has 130 valence electrons. The molecule has 7 nitrogen and oxygen atoms in total. The molecule has 5 aliphatic rings. The van der Waals surface area contributed by atoms with E-state index in [0.29, 0.717) is 0 Å². The zero-order valence-electron chi connectivity index (χ0n) is 13.8. The van der Waals surface area contributed by atoms with E-state index in [4.69, 9.17) is 18.9 Å². The number of epoxide rings is 1. The number of carbonyl (C=O) groups excluding carboxylic acids is 2. The van der Waals surface area contributed by atoms with Crippen LogP contribution in [0.15, 0.2) is 12.2 Å². The van der Waals surface area contributed by atoms with Crippen molar-refractivity contribution in [2.45, 2.75) is 56.4 Å². The van der Waals surface area contributed by atoms with Gasteiger partial charge in [0.2, 0.25) is 0 Å². The number of carbonyl (C=O) groups is 2. The molecule has 3 aliphatic heterocycles. The van der Waals surface area contributed by atoms with E-state index >= 15 is 0 Å². The van der Waals surface area contributed by atoms with Gasteiger partial charge in [-0.15, -0.1) is 0 Å². The Hall–Kier alpha value is -1.44. The molecular formula is C17H20O7. The Morgan fingerprint density at radius 3 is 2.67 bits per heavy atom. The third-order valence-corrected chi connectivity index (χ3v) is 7.03. The van der Waals surface area contributed by atoms with Crippen molar-refractivity contribution in [1.29, 1.82) is 0 Å². The molecule has 0 aromatic carbocycles. The molecule has 3 heterocycles. The summed E-state index contributed by atoms with van der Waals surface area (Å²) in [5, 5.41) is 11.8. The Balaban J connectivity index is 1.74. The Kier molecular flexibility index (Phi) is 2.39. The van der Waals surface area contributed by atoms with Crippen molar-refractivity contribution in [1.82, 2.24) is 0 Å². The predicted octanol–water partition coefficient (Wildman–Crippen LogP) is -0.0470. The number of hydrogen-bond donors (Lipinski definition) is 1. The highest BCUT2D eigenvalue weighted by Gasteiger charge is 2.94. The summed E-state index contributed by atoms with van der Waals surface area (Å²) in [4.78, 5) is 24.3. The van der Waals surface area contributed by atoms with Crippen molar-refractivity contribution < 1.29 is 33.6 Å². The Morgan fingerprint density at radius 1 is 1.33 bits per heavy atom. The van der Waals surface area contributed by atoms with Crippen LogP contribution in [0.3, 0.4) is 0 Å². The van der Waals surface area contributed by atoms with E-state index in [2.05, 4.69) is 6.58 Å². The van der Waals surface area contributed by atoms with Gasteiger partial charge >= 0.3 is 11.9 Å². The minimum Gasteiger partial charge on any atom is -0.459 e. The summed E-state index contributed by atoms with van der Waals surface area (Å²) in [7, 11) is 0. The molecule has 2 aliphatic carbocycles. The third-order valence-electron chi connectivity index (χ3n) is 7.03. The van der Waals surface area contributed by atoms with Crippen molar-refractivity contribution in [3.8, 4) is 0 Å². The van der Waals surface area contributed by atoms with Crippen LogP contribution in [0.25, 0.3) is 0 Å². The standard InChI is InChI=1S/C17H20O7/c1-6(2)8-9-14(19)22-10(8)11-15(4)16(5-21-11,24-7(3)18)12-13(23-12)17(9,15)20/h8-13,20H,1,5H2,2-4H3/t8-,9+,10+,11+,12+,13-,15-,16+,17-/m0/s1. The van der Waals surface area contributed by atoms with Crippen LogP contribution >= 0.6 is 0 Å². The second kappa shape index (κ2) is 3.86. The van der Waals surface area contributed by atoms with Crippen molar-refractivity contribution in [2.75, 3.05) is 6.61 Å². The molecule has 5 rings (SSSR count). The fourth-order valence-corrected chi connectivity index (χ4v) is 6.07. The first-order chi connectivity index (χ1) is 11.2. The average molecular weight is 336 g/mol. The monoisotopic (exact) mass is 336 g/mol. The number of aliphatic hydroxyl groups is 1. The summed E-state index contributed by atoms with van der Waals surface area (Å²) < 4.78 is 23.0. The summed E-state index contributed by atoms with van der Waals surface area (Å²) in [5.74, 6) is -2.03. The zero-order valence-corrected chi connectivity index (χ0v) is 13.8. The molecule has 2 saturated carbocycles. The lowest BCUT2D eigenvalue weighted by Gasteiger charge is -2.54. The number of esters is 2. The largest absolute Gasteiger partial charge is 0.459 e. The topological polar surface area (TPSA) is 94.6 Å². The van der Waals surface area contributed by atoms with Gasteiger partial charge in [-0.1, -0.05) is 12.2 Å². The van der Waals surface area contributed by atoms with Crippen LogP contribution in [-0.4, -0.2) is 59.3 Å². The van der Waals surface area contributed by atoms with E-state index in [-0.39, 0.29) is 12.5 Å². The molecule has 9 atom stereocenters. The maximum Gasteiger partial charge on any atom is 0.313 e. The van der Waals surface area contributed by atoms with Gasteiger partial charge in [0.1, 0.15) is 30.0 Å². The van der Waals surface area contributed by atoms with Crippen LogP contribution in [0.4, 0.5) is 0 Å². The van der Waals surface area contributed by atoms with Gasteiger partial charge in [-0.2, -0.15) is 0 Å². The summed E-state index contributed by atoms with van der Waals surface area (Å²) in [5.41, 5.74) is -2.80. The summed E-state index contributed by atoms with van der Waals surface area (Å²) in [6.45, 7) is 9.10. The van der Waals surface area contributed by atoms with E-state index < -0.39 is 58.9 Å². The van der Waals surface area contributed by atoms with Gasteiger partial charge in [-0.05, 0) is 13.8 Å². The van der Waals surface area contributed by atoms with E-state index in [1.54, 1.807) is 0 Å². The highest BCUT2D eigenvalue weighted by atomic mass is 16.7. The normalized spacial score (nSPS) is 58.8. The van der Waals surface area contributed by atoms with E-state index in [9.17, 15) is 14.7 Å².